The predicted octanol–water partition coefficient (Wildman–Crippen LogP) is 3.23. The average Bonchev–Trinajstić information content (AvgIpc) is 2.89. The van der Waals surface area contributed by atoms with Gasteiger partial charge in [-0.25, -0.2) is 4.98 Å². The van der Waals surface area contributed by atoms with E-state index in [0.29, 0.717) is 22.8 Å². The Morgan fingerprint density at radius 3 is 2.65 bits per heavy atom. The SMILES string of the molecule is CCC1(CNc2ncnc(OC(C)C)c2N)CCCC1. The number of nitrogen functional groups attached to an aromatic ring is 1. The molecule has 1 aliphatic carbocycles. The maximum absolute atomic E-state index is 6.09. The molecule has 0 amide bonds. The van der Waals surface area contributed by atoms with Crippen LogP contribution in [0.5, 0.6) is 5.88 Å². The Morgan fingerprint density at radius 2 is 2.05 bits per heavy atom. The van der Waals surface area contributed by atoms with Gasteiger partial charge in [-0.1, -0.05) is 19.8 Å². The first kappa shape index (κ1) is 14.9. The highest BCUT2D eigenvalue weighted by molar-refractivity contribution is 5.66. The van der Waals surface area contributed by atoms with Crippen molar-refractivity contribution in [3.05, 3.63) is 6.33 Å². The summed E-state index contributed by atoms with van der Waals surface area (Å²) in [5, 5.41) is 3.40. The lowest BCUT2D eigenvalue weighted by Crippen LogP contribution is -2.26. The van der Waals surface area contributed by atoms with Crippen LogP contribution < -0.4 is 15.8 Å². The fourth-order valence-electron chi connectivity index (χ4n) is 2.89. The first-order chi connectivity index (χ1) is 9.56. The third kappa shape index (κ3) is 3.32. The lowest BCUT2D eigenvalue weighted by atomic mass is 9.83. The number of hydrogen-bond donors (Lipinski definition) is 2. The van der Waals surface area contributed by atoms with Gasteiger partial charge in [-0.05, 0) is 38.5 Å². The Bertz CT molecular complexity index is 441. The molecule has 0 atom stereocenters. The molecule has 1 aliphatic rings. The Morgan fingerprint density at radius 1 is 1.35 bits per heavy atom. The molecule has 2 rings (SSSR count). The summed E-state index contributed by atoms with van der Waals surface area (Å²) in [5.41, 5.74) is 6.99. The number of rotatable bonds is 6. The van der Waals surface area contributed by atoms with Crippen LogP contribution in [0.3, 0.4) is 0 Å². The number of ether oxygens (including phenoxy) is 1. The summed E-state index contributed by atoms with van der Waals surface area (Å²) in [6.07, 6.45) is 7.99. The van der Waals surface area contributed by atoms with Crippen molar-refractivity contribution in [2.24, 2.45) is 5.41 Å². The third-order valence-corrected chi connectivity index (χ3v) is 4.24. The fourth-order valence-corrected chi connectivity index (χ4v) is 2.89. The molecule has 0 bridgehead atoms. The standard InChI is InChI=1S/C15H26N4O/c1-4-15(7-5-6-8-15)9-17-13-12(16)14(19-10-18-13)20-11(2)3/h10-11H,4-9,16H2,1-3H3,(H,17,18,19). The molecular weight excluding hydrogens is 252 g/mol. The molecule has 0 aromatic carbocycles. The van der Waals surface area contributed by atoms with Gasteiger partial charge in [-0.15, -0.1) is 0 Å². The van der Waals surface area contributed by atoms with Gasteiger partial charge in [0.1, 0.15) is 12.0 Å². The predicted molar refractivity (Wildman–Crippen MR) is 81.9 cm³/mol. The molecule has 20 heavy (non-hydrogen) atoms. The molecule has 1 heterocycles. The van der Waals surface area contributed by atoms with E-state index >= 15 is 0 Å². The monoisotopic (exact) mass is 278 g/mol. The zero-order valence-corrected chi connectivity index (χ0v) is 12.8. The van der Waals surface area contributed by atoms with Crippen LogP contribution in [0.1, 0.15) is 52.9 Å². The number of nitrogens with one attached hydrogen (secondary N) is 1. The van der Waals surface area contributed by atoms with Gasteiger partial charge in [0.2, 0.25) is 5.88 Å². The van der Waals surface area contributed by atoms with Crippen molar-refractivity contribution in [1.82, 2.24) is 9.97 Å². The quantitative estimate of drug-likeness (QED) is 0.835. The van der Waals surface area contributed by atoms with Gasteiger partial charge < -0.3 is 15.8 Å². The molecule has 0 spiro atoms. The minimum atomic E-state index is 0.0527. The minimum Gasteiger partial charge on any atom is -0.473 e. The van der Waals surface area contributed by atoms with Gasteiger partial charge in [0.05, 0.1) is 6.10 Å². The summed E-state index contributed by atoms with van der Waals surface area (Å²) in [6.45, 7) is 7.11. The summed E-state index contributed by atoms with van der Waals surface area (Å²) in [7, 11) is 0. The normalized spacial score (nSPS) is 17.4. The summed E-state index contributed by atoms with van der Waals surface area (Å²) >= 11 is 0. The average molecular weight is 278 g/mol. The summed E-state index contributed by atoms with van der Waals surface area (Å²) in [4.78, 5) is 8.34. The van der Waals surface area contributed by atoms with E-state index in [-0.39, 0.29) is 6.10 Å². The fraction of sp³-hybridized carbons (Fsp3) is 0.733. The molecule has 5 heteroatoms. The van der Waals surface area contributed by atoms with E-state index in [0.717, 1.165) is 6.54 Å². The topological polar surface area (TPSA) is 73.1 Å². The second kappa shape index (κ2) is 6.29. The maximum Gasteiger partial charge on any atom is 0.242 e. The molecule has 0 unspecified atom stereocenters. The van der Waals surface area contributed by atoms with Crippen LogP contribution in [0.25, 0.3) is 0 Å². The highest BCUT2D eigenvalue weighted by Gasteiger charge is 2.32. The van der Waals surface area contributed by atoms with Crippen LogP contribution in [0.4, 0.5) is 11.5 Å². The second-order valence-corrected chi connectivity index (χ2v) is 6.02. The molecule has 1 saturated carbocycles. The van der Waals surface area contributed by atoms with Crippen LogP contribution in [0.2, 0.25) is 0 Å². The molecule has 1 aromatic heterocycles. The van der Waals surface area contributed by atoms with Crippen LogP contribution in [0, 0.1) is 5.41 Å². The van der Waals surface area contributed by atoms with Crippen molar-refractivity contribution >= 4 is 11.5 Å². The van der Waals surface area contributed by atoms with Crippen molar-refractivity contribution in [1.29, 1.82) is 0 Å². The molecule has 1 aromatic rings. The number of nitrogens with zero attached hydrogens (tertiary/aromatic N) is 2. The van der Waals surface area contributed by atoms with Crippen molar-refractivity contribution in [2.75, 3.05) is 17.6 Å². The molecule has 3 N–H and O–H groups in total. The summed E-state index contributed by atoms with van der Waals surface area (Å²) in [5.74, 6) is 1.16. The van der Waals surface area contributed by atoms with Crippen LogP contribution in [0.15, 0.2) is 6.33 Å². The molecule has 0 saturated heterocycles. The van der Waals surface area contributed by atoms with Gasteiger partial charge >= 0.3 is 0 Å². The van der Waals surface area contributed by atoms with Crippen molar-refractivity contribution in [2.45, 2.75) is 59.0 Å². The first-order valence-electron chi connectivity index (χ1n) is 7.57. The van der Waals surface area contributed by atoms with Crippen molar-refractivity contribution < 1.29 is 4.74 Å². The van der Waals surface area contributed by atoms with Gasteiger partial charge in [0.25, 0.3) is 0 Å². The summed E-state index contributed by atoms with van der Waals surface area (Å²) in [6, 6.07) is 0. The third-order valence-electron chi connectivity index (χ3n) is 4.24. The highest BCUT2D eigenvalue weighted by Crippen LogP contribution is 2.41. The highest BCUT2D eigenvalue weighted by atomic mass is 16.5. The molecule has 0 aliphatic heterocycles. The van der Waals surface area contributed by atoms with Crippen molar-refractivity contribution in [3.63, 3.8) is 0 Å². The van der Waals surface area contributed by atoms with Gasteiger partial charge in [0, 0.05) is 6.54 Å². The minimum absolute atomic E-state index is 0.0527. The Hall–Kier alpha value is -1.52. The van der Waals surface area contributed by atoms with E-state index < -0.39 is 0 Å². The largest absolute Gasteiger partial charge is 0.473 e. The van der Waals surface area contributed by atoms with E-state index in [4.69, 9.17) is 10.5 Å². The lowest BCUT2D eigenvalue weighted by Gasteiger charge is -2.28. The zero-order valence-electron chi connectivity index (χ0n) is 12.8. The van der Waals surface area contributed by atoms with E-state index in [1.807, 2.05) is 13.8 Å². The Balaban J connectivity index is 2.06. The second-order valence-electron chi connectivity index (χ2n) is 6.02. The Kier molecular flexibility index (Phi) is 4.68. The van der Waals surface area contributed by atoms with E-state index in [2.05, 4.69) is 22.2 Å². The lowest BCUT2D eigenvalue weighted by molar-refractivity contribution is 0.234. The zero-order chi connectivity index (χ0) is 14.6. The number of anilines is 2. The van der Waals surface area contributed by atoms with Crippen LogP contribution in [-0.4, -0.2) is 22.6 Å². The van der Waals surface area contributed by atoms with Gasteiger partial charge in [-0.3, -0.25) is 0 Å². The van der Waals surface area contributed by atoms with Crippen molar-refractivity contribution in [3.8, 4) is 5.88 Å². The molecular formula is C15H26N4O. The smallest absolute Gasteiger partial charge is 0.242 e. The van der Waals surface area contributed by atoms with Gasteiger partial charge in [0.15, 0.2) is 5.82 Å². The van der Waals surface area contributed by atoms with Crippen LogP contribution >= 0.6 is 0 Å². The molecule has 1 fully saturated rings. The van der Waals surface area contributed by atoms with E-state index in [9.17, 15) is 0 Å². The van der Waals surface area contributed by atoms with Crippen LogP contribution in [-0.2, 0) is 0 Å². The number of aromatic nitrogens is 2. The molecule has 0 radical (unpaired) electrons. The van der Waals surface area contributed by atoms with E-state index in [1.54, 1.807) is 0 Å². The molecule has 5 nitrogen and oxygen atoms in total. The Labute approximate surface area is 121 Å². The van der Waals surface area contributed by atoms with E-state index in [1.165, 1.54) is 38.4 Å². The number of hydrogen-bond acceptors (Lipinski definition) is 5. The number of nitrogens with two attached hydrogens (primary N) is 1. The molecule has 112 valence electrons. The van der Waals surface area contributed by atoms with Gasteiger partial charge in [-0.2, -0.15) is 4.98 Å². The first-order valence-corrected chi connectivity index (χ1v) is 7.57. The summed E-state index contributed by atoms with van der Waals surface area (Å²) < 4.78 is 5.59. The maximum atomic E-state index is 6.09.